The summed E-state index contributed by atoms with van der Waals surface area (Å²) in [6.45, 7) is -0.925. The molecule has 8 nitrogen and oxygen atoms in total. The Morgan fingerprint density at radius 3 is 2.62 bits per heavy atom. The van der Waals surface area contributed by atoms with Gasteiger partial charge in [-0.15, -0.1) is 0 Å². The molecule has 4 rings (SSSR count). The van der Waals surface area contributed by atoms with E-state index < -0.39 is 35.6 Å². The minimum Gasteiger partial charge on any atom is -0.348 e. The molecule has 0 atom stereocenters. The zero-order valence-electron chi connectivity index (χ0n) is 18.0. The fourth-order valence-corrected chi connectivity index (χ4v) is 4.84. The van der Waals surface area contributed by atoms with E-state index in [-0.39, 0.29) is 17.6 Å². The molecule has 1 aliphatic heterocycles. The number of nitrogens with zero attached hydrogens (tertiary/aromatic N) is 2. The highest BCUT2D eigenvalue weighted by molar-refractivity contribution is 6.31. The molecule has 182 valence electrons. The second-order valence-corrected chi connectivity index (χ2v) is 9.08. The van der Waals surface area contributed by atoms with E-state index in [9.17, 15) is 27.6 Å². The van der Waals surface area contributed by atoms with Gasteiger partial charge in [0.1, 0.15) is 12.2 Å². The molecule has 1 spiro atoms. The van der Waals surface area contributed by atoms with Crippen molar-refractivity contribution in [3.8, 4) is 0 Å². The summed E-state index contributed by atoms with van der Waals surface area (Å²) in [5.74, 6) is -1.67. The fraction of sp³-hybridized carbons (Fsp3) is 0.455. The van der Waals surface area contributed by atoms with Crippen LogP contribution in [0.2, 0.25) is 5.02 Å². The summed E-state index contributed by atoms with van der Waals surface area (Å²) in [6, 6.07) is 6.93. The van der Waals surface area contributed by atoms with Crippen LogP contribution in [-0.2, 0) is 4.79 Å². The predicted molar refractivity (Wildman–Crippen MR) is 118 cm³/mol. The lowest BCUT2D eigenvalue weighted by Crippen LogP contribution is -2.44. The van der Waals surface area contributed by atoms with Crippen LogP contribution in [0.4, 0.5) is 18.9 Å². The summed E-state index contributed by atoms with van der Waals surface area (Å²) in [6.07, 6.45) is -0.481. The second-order valence-electron chi connectivity index (χ2n) is 8.64. The molecule has 1 saturated carbocycles. The Balaban J connectivity index is 1.35. The zero-order chi connectivity index (χ0) is 24.5. The van der Waals surface area contributed by atoms with Crippen molar-refractivity contribution in [1.29, 1.82) is 0 Å². The van der Waals surface area contributed by atoms with Gasteiger partial charge in [0.25, 0.3) is 11.8 Å². The number of hydrogen-bond donors (Lipinski definition) is 3. The van der Waals surface area contributed by atoms with Gasteiger partial charge < -0.3 is 20.5 Å². The van der Waals surface area contributed by atoms with Crippen molar-refractivity contribution in [1.82, 2.24) is 20.6 Å². The molecule has 0 unspecified atom stereocenters. The van der Waals surface area contributed by atoms with E-state index in [4.69, 9.17) is 11.6 Å². The van der Waals surface area contributed by atoms with Crippen LogP contribution >= 0.6 is 11.6 Å². The molecule has 0 bridgehead atoms. The Bertz CT molecular complexity index is 1100. The molecule has 0 radical (unpaired) electrons. The number of rotatable bonds is 5. The van der Waals surface area contributed by atoms with Crippen LogP contribution in [0.1, 0.15) is 53.1 Å². The highest BCUT2D eigenvalue weighted by Crippen LogP contribution is 2.46. The third kappa shape index (κ3) is 5.03. The van der Waals surface area contributed by atoms with Gasteiger partial charge in [-0.3, -0.25) is 14.4 Å². The quantitative estimate of drug-likeness (QED) is 0.588. The van der Waals surface area contributed by atoms with Crippen molar-refractivity contribution >= 4 is 35.0 Å². The molecule has 2 heterocycles. The molecule has 1 aromatic carbocycles. The first kappa shape index (κ1) is 24.1. The van der Waals surface area contributed by atoms with Crippen LogP contribution in [-0.4, -0.2) is 53.0 Å². The van der Waals surface area contributed by atoms with E-state index >= 15 is 0 Å². The van der Waals surface area contributed by atoms with E-state index in [1.807, 2.05) is 6.07 Å². The number of hydrogen-bond acceptors (Lipinski definition) is 4. The Morgan fingerprint density at radius 2 is 1.94 bits per heavy atom. The number of aromatic nitrogens is 2. The number of imidazole rings is 1. The fourth-order valence-electron chi connectivity index (χ4n) is 4.65. The SMILES string of the molecule is O=C(NCC(F)(F)F)c1nc[nH]c1C(=O)N[C@H]1CC[C@@]2(CCN(c3cccc(Cl)c3)C2=O)CC1. The lowest BCUT2D eigenvalue weighted by atomic mass is 9.71. The van der Waals surface area contributed by atoms with Gasteiger partial charge in [-0.2, -0.15) is 13.2 Å². The number of aromatic amines is 1. The van der Waals surface area contributed by atoms with Crippen LogP contribution in [0.3, 0.4) is 0 Å². The first-order chi connectivity index (χ1) is 16.1. The maximum absolute atomic E-state index is 13.2. The summed E-state index contributed by atoms with van der Waals surface area (Å²) in [7, 11) is 0. The van der Waals surface area contributed by atoms with Gasteiger partial charge in [0.15, 0.2) is 5.69 Å². The van der Waals surface area contributed by atoms with Gasteiger partial charge in [0.05, 0.1) is 11.7 Å². The molecule has 3 N–H and O–H groups in total. The average Bonchev–Trinajstić information content (AvgIpc) is 3.39. The van der Waals surface area contributed by atoms with Crippen LogP contribution in [0, 0.1) is 5.41 Å². The highest BCUT2D eigenvalue weighted by Gasteiger charge is 2.49. The Kier molecular flexibility index (Phi) is 6.57. The highest BCUT2D eigenvalue weighted by atomic mass is 35.5. The number of carbonyl (C=O) groups is 3. The summed E-state index contributed by atoms with van der Waals surface area (Å²) >= 11 is 6.07. The van der Waals surface area contributed by atoms with E-state index in [1.165, 1.54) is 0 Å². The molecular formula is C22H23ClF3N5O3. The van der Waals surface area contributed by atoms with Gasteiger partial charge in [-0.1, -0.05) is 17.7 Å². The minimum absolute atomic E-state index is 0.0525. The number of nitrogens with one attached hydrogen (secondary N) is 3. The maximum Gasteiger partial charge on any atom is 0.405 e. The zero-order valence-corrected chi connectivity index (χ0v) is 18.8. The van der Waals surface area contributed by atoms with E-state index in [0.29, 0.717) is 43.7 Å². The first-order valence-corrected chi connectivity index (χ1v) is 11.2. The Hall–Kier alpha value is -3.08. The van der Waals surface area contributed by atoms with Gasteiger partial charge in [-0.25, -0.2) is 4.98 Å². The number of amides is 3. The molecule has 34 heavy (non-hydrogen) atoms. The second kappa shape index (κ2) is 9.28. The minimum atomic E-state index is -4.58. The molecule has 1 saturated heterocycles. The number of H-pyrrole nitrogens is 1. The average molecular weight is 498 g/mol. The van der Waals surface area contributed by atoms with Gasteiger partial charge in [-0.05, 0) is 50.3 Å². The first-order valence-electron chi connectivity index (χ1n) is 10.8. The van der Waals surface area contributed by atoms with Gasteiger partial charge >= 0.3 is 6.18 Å². The summed E-state index contributed by atoms with van der Waals surface area (Å²) in [4.78, 5) is 45.9. The third-order valence-electron chi connectivity index (χ3n) is 6.44. The smallest absolute Gasteiger partial charge is 0.348 e. The van der Waals surface area contributed by atoms with Crippen molar-refractivity contribution in [3.63, 3.8) is 0 Å². The van der Waals surface area contributed by atoms with Crippen molar-refractivity contribution in [3.05, 3.63) is 47.0 Å². The standard InChI is InChI=1S/C22H23ClF3N5O3/c23-13-2-1-3-15(10-13)31-9-8-21(20(31)34)6-4-14(5-7-21)30-19(33)17-16(28-12-29-17)18(32)27-11-22(24,25)26/h1-3,10,12,14H,4-9,11H2,(H,27,32)(H,28,29)(H,30,33)/t14-,21-. The Morgan fingerprint density at radius 1 is 1.21 bits per heavy atom. The summed E-state index contributed by atoms with van der Waals surface area (Å²) in [5, 5.41) is 5.07. The van der Waals surface area contributed by atoms with Crippen LogP contribution in [0.5, 0.6) is 0 Å². The maximum atomic E-state index is 13.2. The molecule has 2 aliphatic rings. The molecular weight excluding hydrogens is 475 g/mol. The number of anilines is 1. The lowest BCUT2D eigenvalue weighted by Gasteiger charge is -2.36. The van der Waals surface area contributed by atoms with Crippen molar-refractivity contribution in [2.45, 2.75) is 44.3 Å². The molecule has 2 aromatic rings. The van der Waals surface area contributed by atoms with Crippen LogP contribution in [0.25, 0.3) is 0 Å². The van der Waals surface area contributed by atoms with Gasteiger partial charge in [0.2, 0.25) is 5.91 Å². The third-order valence-corrected chi connectivity index (χ3v) is 6.68. The molecule has 1 aliphatic carbocycles. The summed E-state index contributed by atoms with van der Waals surface area (Å²) < 4.78 is 37.1. The monoisotopic (exact) mass is 497 g/mol. The van der Waals surface area contributed by atoms with Crippen molar-refractivity contribution < 1.29 is 27.6 Å². The lowest BCUT2D eigenvalue weighted by molar-refractivity contribution is -0.127. The molecule has 3 amide bonds. The van der Waals surface area contributed by atoms with Crippen LogP contribution < -0.4 is 15.5 Å². The number of benzene rings is 1. The number of carbonyl (C=O) groups excluding carboxylic acids is 3. The van der Waals surface area contributed by atoms with Crippen LogP contribution in [0.15, 0.2) is 30.6 Å². The number of halogens is 4. The normalized spacial score (nSPS) is 22.8. The van der Waals surface area contributed by atoms with E-state index in [2.05, 4.69) is 15.3 Å². The van der Waals surface area contributed by atoms with E-state index in [0.717, 1.165) is 12.0 Å². The number of alkyl halides is 3. The van der Waals surface area contributed by atoms with Gasteiger partial charge in [0, 0.05) is 23.3 Å². The van der Waals surface area contributed by atoms with Crippen molar-refractivity contribution in [2.75, 3.05) is 18.0 Å². The molecule has 12 heteroatoms. The molecule has 2 fully saturated rings. The van der Waals surface area contributed by atoms with E-state index in [1.54, 1.807) is 28.4 Å². The predicted octanol–water partition coefficient (Wildman–Crippen LogP) is 3.45. The molecule has 1 aromatic heterocycles. The summed E-state index contributed by atoms with van der Waals surface area (Å²) in [5.41, 5.74) is -0.332. The Labute approximate surface area is 198 Å². The van der Waals surface area contributed by atoms with Crippen molar-refractivity contribution in [2.24, 2.45) is 5.41 Å². The topological polar surface area (TPSA) is 107 Å². The largest absolute Gasteiger partial charge is 0.405 e.